The van der Waals surface area contributed by atoms with Crippen molar-refractivity contribution in [2.45, 2.75) is 361 Å². The SMILES string of the molecule is CCC/C=C\C/C=C\CCCCCCCC(=O)OCC(COC(=O)CCCCCCCCCCCCCCCCCCCCC/C=C\CCCCCCCCCC)OC(=O)CCCCCCC/C=C\C/C=C\CCCCC. The summed E-state index contributed by atoms with van der Waals surface area (Å²) < 4.78 is 16.9. The van der Waals surface area contributed by atoms with E-state index in [1.54, 1.807) is 0 Å². The molecule has 1 atom stereocenters. The van der Waals surface area contributed by atoms with Crippen molar-refractivity contribution in [2.24, 2.45) is 0 Å². The third-order valence-electron chi connectivity index (χ3n) is 14.9. The monoisotopic (exact) mass is 1080 g/mol. The molecule has 0 saturated heterocycles. The fraction of sp³-hybridized carbons (Fsp3) is 0.817. The molecule has 0 aromatic heterocycles. The lowest BCUT2D eigenvalue weighted by Crippen LogP contribution is -2.30. The van der Waals surface area contributed by atoms with Crippen molar-refractivity contribution in [3.8, 4) is 0 Å². The number of unbranched alkanes of at least 4 members (excludes halogenated alkanes) is 41. The van der Waals surface area contributed by atoms with Crippen LogP contribution >= 0.6 is 0 Å². The van der Waals surface area contributed by atoms with Gasteiger partial charge in [0.25, 0.3) is 0 Å². The standard InChI is InChI=1S/C71H128O6/c1-4-7-10-13-16-19-22-25-27-28-29-30-31-32-33-34-35-36-37-38-39-40-41-42-44-46-49-52-55-58-61-64-70(73)76-67-68(66-75-69(72)63-60-57-54-51-48-45-24-21-18-15-12-9-6-3)77-71(74)65-62-59-56-53-50-47-43-26-23-20-17-14-11-8-5-2/h12,15,17,20-21,24,26,28-29,43,68H,4-11,13-14,16,18-19,22-23,25,27,30-42,44-67H2,1-3H3/b15-12-,20-17-,24-21-,29-28-,43-26-. The zero-order chi connectivity index (χ0) is 55.7. The molecule has 0 amide bonds. The molecule has 0 heterocycles. The van der Waals surface area contributed by atoms with E-state index < -0.39 is 6.10 Å². The van der Waals surface area contributed by atoms with E-state index in [1.807, 2.05) is 0 Å². The van der Waals surface area contributed by atoms with Crippen molar-refractivity contribution in [1.82, 2.24) is 0 Å². The normalized spacial score (nSPS) is 12.4. The summed E-state index contributed by atoms with van der Waals surface area (Å²) in [7, 11) is 0. The lowest BCUT2D eigenvalue weighted by Gasteiger charge is -2.18. The smallest absolute Gasteiger partial charge is 0.306 e. The quantitative estimate of drug-likeness (QED) is 0.0261. The van der Waals surface area contributed by atoms with E-state index >= 15 is 0 Å². The Kier molecular flexibility index (Phi) is 63.2. The van der Waals surface area contributed by atoms with Gasteiger partial charge in [0, 0.05) is 19.3 Å². The average molecular weight is 1080 g/mol. The highest BCUT2D eigenvalue weighted by molar-refractivity contribution is 5.71. The van der Waals surface area contributed by atoms with E-state index in [0.29, 0.717) is 19.3 Å². The molecule has 0 aromatic carbocycles. The molecule has 0 rings (SSSR count). The second-order valence-electron chi connectivity index (χ2n) is 22.7. The summed E-state index contributed by atoms with van der Waals surface area (Å²) >= 11 is 0. The molecule has 6 nitrogen and oxygen atoms in total. The number of carbonyl (C=O) groups is 3. The molecule has 0 radical (unpaired) electrons. The Morgan fingerprint density at radius 2 is 0.494 bits per heavy atom. The zero-order valence-electron chi connectivity index (χ0n) is 51.5. The van der Waals surface area contributed by atoms with Crippen LogP contribution in [0.4, 0.5) is 0 Å². The first kappa shape index (κ1) is 74.1. The van der Waals surface area contributed by atoms with E-state index in [9.17, 15) is 14.4 Å². The van der Waals surface area contributed by atoms with Crippen LogP contribution in [0, 0.1) is 0 Å². The van der Waals surface area contributed by atoms with Crippen molar-refractivity contribution in [3.05, 3.63) is 60.8 Å². The van der Waals surface area contributed by atoms with Crippen LogP contribution in [0.5, 0.6) is 0 Å². The first-order valence-corrected chi connectivity index (χ1v) is 33.8. The Bertz CT molecular complexity index is 1380. The largest absolute Gasteiger partial charge is 0.462 e. The van der Waals surface area contributed by atoms with Crippen molar-refractivity contribution < 1.29 is 28.6 Å². The Balaban J connectivity index is 4.14. The van der Waals surface area contributed by atoms with Gasteiger partial charge in [-0.3, -0.25) is 14.4 Å². The van der Waals surface area contributed by atoms with Gasteiger partial charge in [-0.1, -0.05) is 293 Å². The third kappa shape index (κ3) is 63.8. The first-order valence-electron chi connectivity index (χ1n) is 33.8. The summed E-state index contributed by atoms with van der Waals surface area (Å²) in [5.41, 5.74) is 0. The van der Waals surface area contributed by atoms with Gasteiger partial charge in [-0.15, -0.1) is 0 Å². The molecular formula is C71H128O6. The number of hydrogen-bond acceptors (Lipinski definition) is 6. The maximum atomic E-state index is 12.9. The molecule has 0 N–H and O–H groups in total. The number of hydrogen-bond donors (Lipinski definition) is 0. The van der Waals surface area contributed by atoms with Crippen LogP contribution in [-0.4, -0.2) is 37.2 Å². The van der Waals surface area contributed by atoms with Gasteiger partial charge in [-0.2, -0.15) is 0 Å². The van der Waals surface area contributed by atoms with Crippen LogP contribution in [0.2, 0.25) is 0 Å². The van der Waals surface area contributed by atoms with Gasteiger partial charge in [-0.25, -0.2) is 0 Å². The van der Waals surface area contributed by atoms with Gasteiger partial charge >= 0.3 is 17.9 Å². The van der Waals surface area contributed by atoms with Crippen molar-refractivity contribution in [1.29, 1.82) is 0 Å². The first-order chi connectivity index (χ1) is 38.0. The van der Waals surface area contributed by atoms with E-state index in [-0.39, 0.29) is 31.1 Å². The van der Waals surface area contributed by atoms with Crippen molar-refractivity contribution in [2.75, 3.05) is 13.2 Å². The number of ether oxygens (including phenoxy) is 3. The fourth-order valence-electron chi connectivity index (χ4n) is 9.86. The van der Waals surface area contributed by atoms with Gasteiger partial charge in [0.1, 0.15) is 13.2 Å². The van der Waals surface area contributed by atoms with E-state index in [1.165, 1.54) is 205 Å². The van der Waals surface area contributed by atoms with Gasteiger partial charge in [0.15, 0.2) is 6.10 Å². The molecule has 0 bridgehead atoms. The maximum Gasteiger partial charge on any atom is 0.306 e. The third-order valence-corrected chi connectivity index (χ3v) is 14.9. The van der Waals surface area contributed by atoms with Gasteiger partial charge in [0.2, 0.25) is 0 Å². The van der Waals surface area contributed by atoms with Gasteiger partial charge in [0.05, 0.1) is 0 Å². The summed E-state index contributed by atoms with van der Waals surface area (Å²) in [6, 6.07) is 0. The lowest BCUT2D eigenvalue weighted by molar-refractivity contribution is -0.167. The Morgan fingerprint density at radius 1 is 0.260 bits per heavy atom. The second-order valence-corrected chi connectivity index (χ2v) is 22.7. The average Bonchev–Trinajstić information content (AvgIpc) is 3.43. The van der Waals surface area contributed by atoms with Crippen LogP contribution in [0.1, 0.15) is 355 Å². The minimum atomic E-state index is -0.787. The van der Waals surface area contributed by atoms with E-state index in [0.717, 1.165) is 109 Å². The van der Waals surface area contributed by atoms with Crippen LogP contribution in [-0.2, 0) is 28.6 Å². The number of esters is 3. The highest BCUT2D eigenvalue weighted by Crippen LogP contribution is 2.17. The van der Waals surface area contributed by atoms with Gasteiger partial charge in [-0.05, 0) is 103 Å². The van der Waals surface area contributed by atoms with Crippen LogP contribution < -0.4 is 0 Å². The maximum absolute atomic E-state index is 12.9. The van der Waals surface area contributed by atoms with Crippen molar-refractivity contribution in [3.63, 3.8) is 0 Å². The number of rotatable bonds is 62. The van der Waals surface area contributed by atoms with Gasteiger partial charge < -0.3 is 14.2 Å². The molecule has 0 saturated carbocycles. The summed E-state index contributed by atoms with van der Waals surface area (Å²) in [6.07, 6.45) is 84.0. The molecule has 0 aliphatic carbocycles. The molecule has 1 unspecified atom stereocenters. The fourth-order valence-corrected chi connectivity index (χ4v) is 9.86. The number of allylic oxidation sites excluding steroid dienone is 10. The molecule has 448 valence electrons. The Hall–Kier alpha value is -2.89. The van der Waals surface area contributed by atoms with Crippen LogP contribution in [0.15, 0.2) is 60.8 Å². The predicted molar refractivity (Wildman–Crippen MR) is 335 cm³/mol. The molecule has 0 aliphatic rings. The molecular weight excluding hydrogens is 949 g/mol. The summed E-state index contributed by atoms with van der Waals surface area (Å²) in [4.78, 5) is 38.3. The zero-order valence-corrected chi connectivity index (χ0v) is 51.5. The predicted octanol–water partition coefficient (Wildman–Crippen LogP) is 23.1. The molecule has 0 aromatic rings. The van der Waals surface area contributed by atoms with Crippen LogP contribution in [0.3, 0.4) is 0 Å². The Labute approximate surface area is 479 Å². The van der Waals surface area contributed by atoms with E-state index in [4.69, 9.17) is 14.2 Å². The number of carbonyl (C=O) groups excluding carboxylic acids is 3. The van der Waals surface area contributed by atoms with Crippen molar-refractivity contribution >= 4 is 17.9 Å². The molecule has 0 aliphatic heterocycles. The summed E-state index contributed by atoms with van der Waals surface area (Å²) in [5, 5.41) is 0. The topological polar surface area (TPSA) is 78.9 Å². The Morgan fingerprint density at radius 3 is 0.805 bits per heavy atom. The molecule has 6 heteroatoms. The minimum absolute atomic E-state index is 0.0818. The highest BCUT2D eigenvalue weighted by atomic mass is 16.6. The second kappa shape index (κ2) is 65.6. The molecule has 0 spiro atoms. The molecule has 77 heavy (non-hydrogen) atoms. The summed E-state index contributed by atoms with van der Waals surface area (Å²) in [5.74, 6) is -0.894. The minimum Gasteiger partial charge on any atom is -0.462 e. The lowest BCUT2D eigenvalue weighted by atomic mass is 10.0. The van der Waals surface area contributed by atoms with E-state index in [2.05, 4.69) is 81.5 Å². The highest BCUT2D eigenvalue weighted by Gasteiger charge is 2.19. The van der Waals surface area contributed by atoms with Crippen LogP contribution in [0.25, 0.3) is 0 Å². The summed E-state index contributed by atoms with van der Waals surface area (Å²) in [6.45, 7) is 6.57. The molecule has 0 fully saturated rings.